The zero-order valence-electron chi connectivity index (χ0n) is 8.48. The van der Waals surface area contributed by atoms with E-state index < -0.39 is 11.7 Å². The maximum Gasteiger partial charge on any atom is 0.417 e. The number of hydrogen-bond acceptors (Lipinski definition) is 3. The molecule has 0 fully saturated rings. The molecule has 0 radical (unpaired) electrons. The van der Waals surface area contributed by atoms with Gasteiger partial charge in [0.05, 0.1) is 5.56 Å². The molecule has 0 saturated heterocycles. The Labute approximate surface area is 99.9 Å². The van der Waals surface area contributed by atoms with E-state index in [1.165, 1.54) is 17.8 Å². The van der Waals surface area contributed by atoms with Gasteiger partial charge in [-0.05, 0) is 24.3 Å². The quantitative estimate of drug-likeness (QED) is 0.820. The van der Waals surface area contributed by atoms with E-state index in [4.69, 9.17) is 0 Å². The van der Waals surface area contributed by atoms with Crippen LogP contribution in [0.3, 0.4) is 0 Å². The lowest BCUT2D eigenvalue weighted by Crippen LogP contribution is -2.05. The van der Waals surface area contributed by atoms with Gasteiger partial charge in [-0.1, -0.05) is 17.8 Å². The topological polar surface area (TPSA) is 25.8 Å². The van der Waals surface area contributed by atoms with Gasteiger partial charge >= 0.3 is 6.18 Å². The fourth-order valence-electron chi connectivity index (χ4n) is 1.12. The van der Waals surface area contributed by atoms with Crippen LogP contribution in [-0.4, -0.2) is 9.97 Å². The first-order chi connectivity index (χ1) is 8.05. The second-order valence-electron chi connectivity index (χ2n) is 3.15. The van der Waals surface area contributed by atoms with Gasteiger partial charge in [-0.3, -0.25) is 0 Å². The zero-order chi connectivity index (χ0) is 12.3. The first kappa shape index (κ1) is 11.9. The number of alkyl halides is 3. The summed E-state index contributed by atoms with van der Waals surface area (Å²) in [6, 6.07) is 7.69. The minimum atomic E-state index is -4.35. The summed E-state index contributed by atoms with van der Waals surface area (Å²) in [5.41, 5.74) is -0.747. The molecule has 6 heteroatoms. The van der Waals surface area contributed by atoms with Gasteiger partial charge in [0.25, 0.3) is 0 Å². The van der Waals surface area contributed by atoms with Crippen LogP contribution >= 0.6 is 11.8 Å². The minimum Gasteiger partial charge on any atom is -0.250 e. The van der Waals surface area contributed by atoms with Crippen molar-refractivity contribution in [1.29, 1.82) is 0 Å². The molecule has 0 saturated carbocycles. The van der Waals surface area contributed by atoms with E-state index in [1.54, 1.807) is 24.4 Å². The average molecular weight is 256 g/mol. The minimum absolute atomic E-state index is 0.483. The summed E-state index contributed by atoms with van der Waals surface area (Å²) in [6.07, 6.45) is -1.90. The lowest BCUT2D eigenvalue weighted by atomic mass is 10.3. The number of halogens is 3. The fourth-order valence-corrected chi connectivity index (χ4v) is 1.84. The van der Waals surface area contributed by atoms with Gasteiger partial charge in [-0.15, -0.1) is 0 Å². The van der Waals surface area contributed by atoms with Crippen LogP contribution in [0.1, 0.15) is 5.56 Å². The third-order valence-electron chi connectivity index (χ3n) is 1.91. The molecule has 0 bridgehead atoms. The molecule has 0 aromatic carbocycles. The van der Waals surface area contributed by atoms with Gasteiger partial charge in [0.1, 0.15) is 10.1 Å². The highest BCUT2D eigenvalue weighted by Gasteiger charge is 2.30. The lowest BCUT2D eigenvalue weighted by molar-refractivity contribution is -0.137. The SMILES string of the molecule is FC(F)(F)c1ccc(Sc2ccccn2)nc1. The molecular formula is C11H7F3N2S. The molecule has 2 aromatic heterocycles. The number of rotatable bonds is 2. The summed E-state index contributed by atoms with van der Waals surface area (Å²) >= 11 is 1.22. The molecule has 0 aliphatic heterocycles. The Morgan fingerprint density at radius 1 is 0.941 bits per heavy atom. The van der Waals surface area contributed by atoms with Crippen molar-refractivity contribution < 1.29 is 13.2 Å². The molecule has 0 N–H and O–H groups in total. The highest BCUT2D eigenvalue weighted by atomic mass is 32.2. The van der Waals surface area contributed by atoms with Crippen molar-refractivity contribution >= 4 is 11.8 Å². The Balaban J connectivity index is 2.14. The van der Waals surface area contributed by atoms with Crippen molar-refractivity contribution in [2.75, 3.05) is 0 Å². The molecule has 0 aliphatic rings. The summed E-state index contributed by atoms with van der Waals surface area (Å²) in [7, 11) is 0. The zero-order valence-corrected chi connectivity index (χ0v) is 9.29. The van der Waals surface area contributed by atoms with E-state index in [9.17, 15) is 13.2 Å². The van der Waals surface area contributed by atoms with Crippen molar-refractivity contribution in [2.45, 2.75) is 16.2 Å². The summed E-state index contributed by atoms with van der Waals surface area (Å²) in [5.74, 6) is 0. The van der Waals surface area contributed by atoms with Crippen LogP contribution in [0.2, 0.25) is 0 Å². The standard InChI is InChI=1S/C11H7F3N2S/c12-11(13,14)8-4-5-10(16-7-8)17-9-3-1-2-6-15-9/h1-7H. The van der Waals surface area contributed by atoms with E-state index in [2.05, 4.69) is 9.97 Å². The fraction of sp³-hybridized carbons (Fsp3) is 0.0909. The van der Waals surface area contributed by atoms with Crippen LogP contribution in [-0.2, 0) is 6.18 Å². The van der Waals surface area contributed by atoms with Crippen LogP contribution in [0.5, 0.6) is 0 Å². The van der Waals surface area contributed by atoms with E-state index in [0.29, 0.717) is 10.1 Å². The van der Waals surface area contributed by atoms with Crippen LogP contribution in [0.4, 0.5) is 13.2 Å². The Kier molecular flexibility index (Phi) is 3.33. The molecule has 2 heterocycles. The predicted octanol–water partition coefficient (Wildman–Crippen LogP) is 3.65. The average Bonchev–Trinajstić information content (AvgIpc) is 2.30. The molecule has 0 aliphatic carbocycles. The second kappa shape index (κ2) is 4.75. The van der Waals surface area contributed by atoms with Crippen LogP contribution in [0.15, 0.2) is 52.8 Å². The summed E-state index contributed by atoms with van der Waals surface area (Å²) in [4.78, 5) is 7.79. The summed E-state index contributed by atoms with van der Waals surface area (Å²) < 4.78 is 36.9. The second-order valence-corrected chi connectivity index (χ2v) is 4.19. The van der Waals surface area contributed by atoms with Crippen molar-refractivity contribution in [2.24, 2.45) is 0 Å². The largest absolute Gasteiger partial charge is 0.417 e. The predicted molar refractivity (Wildman–Crippen MR) is 57.6 cm³/mol. The smallest absolute Gasteiger partial charge is 0.250 e. The van der Waals surface area contributed by atoms with Crippen LogP contribution < -0.4 is 0 Å². The molecule has 2 rings (SSSR count). The Morgan fingerprint density at radius 2 is 1.71 bits per heavy atom. The number of pyridine rings is 2. The molecule has 0 unspecified atom stereocenters. The van der Waals surface area contributed by atoms with Gasteiger partial charge < -0.3 is 0 Å². The first-order valence-corrected chi connectivity index (χ1v) is 5.49. The van der Waals surface area contributed by atoms with Gasteiger partial charge in [0, 0.05) is 12.4 Å². The molecule has 2 aromatic rings. The third-order valence-corrected chi connectivity index (χ3v) is 2.81. The Bertz CT molecular complexity index is 482. The molecule has 0 spiro atoms. The molecule has 88 valence electrons. The number of aromatic nitrogens is 2. The van der Waals surface area contributed by atoms with E-state index in [0.717, 1.165) is 12.3 Å². The molecular weight excluding hydrogens is 249 g/mol. The molecule has 2 nitrogen and oxygen atoms in total. The lowest BCUT2D eigenvalue weighted by Gasteiger charge is -2.06. The van der Waals surface area contributed by atoms with Gasteiger partial charge in [-0.2, -0.15) is 13.2 Å². The summed E-state index contributed by atoms with van der Waals surface area (Å²) in [5, 5.41) is 1.18. The van der Waals surface area contributed by atoms with E-state index in [1.807, 2.05) is 0 Å². The molecule has 17 heavy (non-hydrogen) atoms. The van der Waals surface area contributed by atoms with E-state index in [-0.39, 0.29) is 0 Å². The highest BCUT2D eigenvalue weighted by molar-refractivity contribution is 7.99. The highest BCUT2D eigenvalue weighted by Crippen LogP contribution is 2.30. The monoisotopic (exact) mass is 256 g/mol. The maximum atomic E-state index is 12.3. The first-order valence-electron chi connectivity index (χ1n) is 4.68. The molecule has 0 atom stereocenters. The Morgan fingerprint density at radius 3 is 2.24 bits per heavy atom. The van der Waals surface area contributed by atoms with Gasteiger partial charge in [0.2, 0.25) is 0 Å². The van der Waals surface area contributed by atoms with E-state index >= 15 is 0 Å². The normalized spacial score (nSPS) is 11.5. The van der Waals surface area contributed by atoms with Crippen molar-refractivity contribution in [3.63, 3.8) is 0 Å². The van der Waals surface area contributed by atoms with Crippen molar-refractivity contribution in [1.82, 2.24) is 9.97 Å². The van der Waals surface area contributed by atoms with Gasteiger partial charge in [0.15, 0.2) is 0 Å². The number of hydrogen-bond donors (Lipinski definition) is 0. The van der Waals surface area contributed by atoms with Crippen molar-refractivity contribution in [3.8, 4) is 0 Å². The van der Waals surface area contributed by atoms with Gasteiger partial charge in [-0.25, -0.2) is 9.97 Å². The van der Waals surface area contributed by atoms with Crippen molar-refractivity contribution in [3.05, 3.63) is 48.3 Å². The van der Waals surface area contributed by atoms with Crippen LogP contribution in [0, 0.1) is 0 Å². The summed E-state index contributed by atoms with van der Waals surface area (Å²) in [6.45, 7) is 0. The number of nitrogens with zero attached hydrogens (tertiary/aromatic N) is 2. The maximum absolute atomic E-state index is 12.3. The van der Waals surface area contributed by atoms with Crippen LogP contribution in [0.25, 0.3) is 0 Å². The molecule has 0 amide bonds. The Hall–Kier alpha value is -1.56. The third kappa shape index (κ3) is 3.20.